The van der Waals surface area contributed by atoms with E-state index in [0.717, 1.165) is 12.1 Å². The Morgan fingerprint density at radius 3 is 2.35 bits per heavy atom. The van der Waals surface area contributed by atoms with Crippen molar-refractivity contribution < 1.29 is 18.3 Å². The summed E-state index contributed by atoms with van der Waals surface area (Å²) in [7, 11) is 3.06. The summed E-state index contributed by atoms with van der Waals surface area (Å²) in [5.41, 5.74) is 1.00. The van der Waals surface area contributed by atoms with Gasteiger partial charge in [-0.3, -0.25) is 0 Å². The van der Waals surface area contributed by atoms with Gasteiger partial charge in [0.15, 0.2) is 23.1 Å². The molecule has 23 heavy (non-hydrogen) atoms. The van der Waals surface area contributed by atoms with Crippen LogP contribution in [0.1, 0.15) is 0 Å². The van der Waals surface area contributed by atoms with Gasteiger partial charge < -0.3 is 14.8 Å². The Morgan fingerprint density at radius 1 is 0.913 bits per heavy atom. The number of methoxy groups -OCH3 is 2. The number of hydrogen-bond acceptors (Lipinski definition) is 5. The summed E-state index contributed by atoms with van der Waals surface area (Å²) in [6.45, 7) is 0. The third kappa shape index (κ3) is 2.85. The number of hydrogen-bond donors (Lipinski definition) is 1. The quantitative estimate of drug-likeness (QED) is 0.795. The number of aromatic nitrogens is 2. The van der Waals surface area contributed by atoms with E-state index in [2.05, 4.69) is 15.3 Å². The molecule has 0 saturated heterocycles. The summed E-state index contributed by atoms with van der Waals surface area (Å²) in [5.74, 6) is -0.343. The molecule has 0 saturated carbocycles. The summed E-state index contributed by atoms with van der Waals surface area (Å²) in [4.78, 5) is 8.33. The fourth-order valence-corrected chi connectivity index (χ4v) is 2.19. The average Bonchev–Trinajstić information content (AvgIpc) is 2.57. The zero-order chi connectivity index (χ0) is 16.4. The molecule has 5 nitrogen and oxygen atoms in total. The zero-order valence-electron chi connectivity index (χ0n) is 12.4. The molecule has 0 aliphatic rings. The maximum absolute atomic E-state index is 13.3. The highest BCUT2D eigenvalue weighted by molar-refractivity contribution is 5.93. The average molecular weight is 317 g/mol. The maximum Gasteiger partial charge on any atom is 0.162 e. The highest BCUT2D eigenvalue weighted by Gasteiger charge is 2.11. The predicted molar refractivity (Wildman–Crippen MR) is 82.3 cm³/mol. The van der Waals surface area contributed by atoms with E-state index >= 15 is 0 Å². The number of benzene rings is 2. The van der Waals surface area contributed by atoms with Crippen molar-refractivity contribution in [1.29, 1.82) is 0 Å². The number of anilines is 2. The van der Waals surface area contributed by atoms with Crippen LogP contribution in [-0.4, -0.2) is 24.2 Å². The largest absolute Gasteiger partial charge is 0.493 e. The predicted octanol–water partition coefficient (Wildman–Crippen LogP) is 3.67. The van der Waals surface area contributed by atoms with Crippen molar-refractivity contribution in [3.8, 4) is 11.5 Å². The van der Waals surface area contributed by atoms with Crippen LogP contribution < -0.4 is 14.8 Å². The minimum absolute atomic E-state index is 0.374. The lowest BCUT2D eigenvalue weighted by atomic mass is 10.2. The lowest BCUT2D eigenvalue weighted by Gasteiger charge is -2.12. The molecule has 0 aliphatic heterocycles. The van der Waals surface area contributed by atoms with E-state index in [1.54, 1.807) is 12.1 Å². The van der Waals surface area contributed by atoms with Gasteiger partial charge in [-0.2, -0.15) is 0 Å². The van der Waals surface area contributed by atoms with Gasteiger partial charge in [0.2, 0.25) is 0 Å². The van der Waals surface area contributed by atoms with E-state index in [4.69, 9.17) is 9.47 Å². The van der Waals surface area contributed by atoms with Crippen LogP contribution in [0.15, 0.2) is 36.7 Å². The highest BCUT2D eigenvalue weighted by Crippen LogP contribution is 2.34. The summed E-state index contributed by atoms with van der Waals surface area (Å²) in [6, 6.07) is 6.96. The molecule has 118 valence electrons. The molecule has 0 atom stereocenters. The molecule has 1 N–H and O–H groups in total. The first-order chi connectivity index (χ1) is 11.1. The van der Waals surface area contributed by atoms with Crippen LogP contribution >= 0.6 is 0 Å². The molecule has 3 rings (SSSR count). The first kappa shape index (κ1) is 15.0. The fraction of sp³-hybridized carbons (Fsp3) is 0.125. The third-order valence-electron chi connectivity index (χ3n) is 3.32. The van der Waals surface area contributed by atoms with Crippen molar-refractivity contribution in [3.63, 3.8) is 0 Å². The molecule has 3 aromatic rings. The zero-order valence-corrected chi connectivity index (χ0v) is 12.4. The number of ether oxygens (including phenoxy) is 2. The van der Waals surface area contributed by atoms with Gasteiger partial charge >= 0.3 is 0 Å². The number of fused-ring (bicyclic) bond motifs is 1. The van der Waals surface area contributed by atoms with E-state index in [-0.39, 0.29) is 0 Å². The second kappa shape index (κ2) is 6.04. The van der Waals surface area contributed by atoms with Crippen molar-refractivity contribution in [1.82, 2.24) is 9.97 Å². The molecular weight excluding hydrogens is 304 g/mol. The van der Waals surface area contributed by atoms with E-state index in [1.807, 2.05) is 0 Å². The summed E-state index contributed by atoms with van der Waals surface area (Å²) >= 11 is 0. The van der Waals surface area contributed by atoms with Crippen LogP contribution in [0.5, 0.6) is 11.5 Å². The molecule has 7 heteroatoms. The summed E-state index contributed by atoms with van der Waals surface area (Å²) in [6.07, 6.45) is 1.37. The second-order valence-corrected chi connectivity index (χ2v) is 4.70. The standard InChI is InChI=1S/C16H13F2N3O2/c1-22-14-6-10-13(7-15(14)23-2)19-8-20-16(10)21-9-3-4-11(17)12(18)5-9/h3-8H,1-2H3,(H,19,20,21). The Kier molecular flexibility index (Phi) is 3.92. The smallest absolute Gasteiger partial charge is 0.162 e. The maximum atomic E-state index is 13.3. The van der Waals surface area contributed by atoms with E-state index in [1.165, 1.54) is 26.6 Å². The van der Waals surface area contributed by atoms with Crippen LogP contribution in [0.4, 0.5) is 20.3 Å². The van der Waals surface area contributed by atoms with Gasteiger partial charge in [-0.25, -0.2) is 18.7 Å². The minimum atomic E-state index is -0.937. The Bertz CT molecular complexity index is 871. The minimum Gasteiger partial charge on any atom is -0.493 e. The van der Waals surface area contributed by atoms with Gasteiger partial charge in [0, 0.05) is 23.2 Å². The molecule has 0 fully saturated rings. The van der Waals surface area contributed by atoms with E-state index in [0.29, 0.717) is 33.9 Å². The van der Waals surface area contributed by atoms with Crippen LogP contribution in [-0.2, 0) is 0 Å². The SMILES string of the molecule is COc1cc2ncnc(Nc3ccc(F)c(F)c3)c2cc1OC. The van der Waals surface area contributed by atoms with Gasteiger partial charge in [0.1, 0.15) is 12.1 Å². The van der Waals surface area contributed by atoms with Crippen molar-refractivity contribution in [2.45, 2.75) is 0 Å². The molecule has 2 aromatic carbocycles. The van der Waals surface area contributed by atoms with Crippen LogP contribution in [0.2, 0.25) is 0 Å². The third-order valence-corrected chi connectivity index (χ3v) is 3.32. The number of nitrogens with zero attached hydrogens (tertiary/aromatic N) is 2. The number of rotatable bonds is 4. The monoisotopic (exact) mass is 317 g/mol. The van der Waals surface area contributed by atoms with Crippen LogP contribution in [0.25, 0.3) is 10.9 Å². The van der Waals surface area contributed by atoms with Crippen molar-refractivity contribution in [2.24, 2.45) is 0 Å². The highest BCUT2D eigenvalue weighted by atomic mass is 19.2. The molecule has 0 amide bonds. The van der Waals surface area contributed by atoms with Gasteiger partial charge in [-0.1, -0.05) is 0 Å². The lowest BCUT2D eigenvalue weighted by Crippen LogP contribution is -1.98. The van der Waals surface area contributed by atoms with E-state index < -0.39 is 11.6 Å². The molecule has 0 unspecified atom stereocenters. The van der Waals surface area contributed by atoms with Crippen molar-refractivity contribution in [2.75, 3.05) is 19.5 Å². The van der Waals surface area contributed by atoms with Crippen LogP contribution in [0, 0.1) is 11.6 Å². The first-order valence-electron chi connectivity index (χ1n) is 6.71. The van der Waals surface area contributed by atoms with Gasteiger partial charge in [0.05, 0.1) is 19.7 Å². The van der Waals surface area contributed by atoms with E-state index in [9.17, 15) is 8.78 Å². The number of nitrogens with one attached hydrogen (secondary N) is 1. The Balaban J connectivity index is 2.08. The lowest BCUT2D eigenvalue weighted by molar-refractivity contribution is 0.356. The summed E-state index contributed by atoms with van der Waals surface area (Å²) in [5, 5.41) is 3.61. The Labute approximate surface area is 130 Å². The molecule has 1 aromatic heterocycles. The molecule has 1 heterocycles. The molecule has 0 aliphatic carbocycles. The first-order valence-corrected chi connectivity index (χ1v) is 6.71. The topological polar surface area (TPSA) is 56.3 Å². The Morgan fingerprint density at radius 2 is 1.65 bits per heavy atom. The second-order valence-electron chi connectivity index (χ2n) is 4.70. The summed E-state index contributed by atoms with van der Waals surface area (Å²) < 4.78 is 36.8. The van der Waals surface area contributed by atoms with Gasteiger partial charge in [0.25, 0.3) is 0 Å². The van der Waals surface area contributed by atoms with Crippen molar-refractivity contribution in [3.05, 3.63) is 48.3 Å². The van der Waals surface area contributed by atoms with Crippen molar-refractivity contribution >= 4 is 22.4 Å². The number of halogens is 2. The fourth-order valence-electron chi connectivity index (χ4n) is 2.19. The van der Waals surface area contributed by atoms with Gasteiger partial charge in [-0.15, -0.1) is 0 Å². The molecule has 0 bridgehead atoms. The molecule has 0 spiro atoms. The van der Waals surface area contributed by atoms with Gasteiger partial charge in [-0.05, 0) is 18.2 Å². The molecular formula is C16H13F2N3O2. The van der Waals surface area contributed by atoms with Crippen LogP contribution in [0.3, 0.4) is 0 Å². The normalized spacial score (nSPS) is 10.6. The molecule has 0 radical (unpaired) electrons. The Hall–Kier alpha value is -2.96.